The minimum atomic E-state index is -0.767. The zero-order valence-corrected chi connectivity index (χ0v) is 13.7. The summed E-state index contributed by atoms with van der Waals surface area (Å²) in [5, 5.41) is 0. The molecule has 1 aromatic rings. The number of hydrogen-bond acceptors (Lipinski definition) is 0. The third-order valence-electron chi connectivity index (χ3n) is 4.15. The third kappa shape index (κ3) is 3.50. The quantitative estimate of drug-likeness (QED) is 0.551. The molecule has 1 rings (SSSR count). The molecule has 0 nitrogen and oxygen atoms in total. The molecule has 2 unspecified atom stereocenters. The Labute approximate surface area is 124 Å². The highest BCUT2D eigenvalue weighted by Crippen LogP contribution is 2.35. The molecule has 2 atom stereocenters. The second-order valence-corrected chi connectivity index (χ2v) is 5.96. The monoisotopic (exact) mass is 276 g/mol. The summed E-state index contributed by atoms with van der Waals surface area (Å²) in [6.07, 6.45) is 3.88. The molecule has 0 heterocycles. The molecular weight excluding hydrogens is 247 g/mol. The maximum absolute atomic E-state index is 14.1. The predicted molar refractivity (Wildman–Crippen MR) is 88.2 cm³/mol. The number of rotatable bonds is 7. The van der Waals surface area contributed by atoms with Crippen LogP contribution in [0.2, 0.25) is 0 Å². The van der Waals surface area contributed by atoms with Crippen molar-refractivity contribution < 1.29 is 4.39 Å². The molecule has 0 spiro atoms. The normalized spacial score (nSPS) is 14.3. The first-order chi connectivity index (χ1) is 9.47. The van der Waals surface area contributed by atoms with E-state index in [-0.39, 0.29) is 5.92 Å². The summed E-state index contributed by atoms with van der Waals surface area (Å²) >= 11 is 0. The van der Waals surface area contributed by atoms with Gasteiger partial charge in [-0.3, -0.25) is 0 Å². The molecule has 0 saturated heterocycles. The Balaban J connectivity index is 3.44. The van der Waals surface area contributed by atoms with E-state index in [2.05, 4.69) is 39.5 Å². The van der Waals surface area contributed by atoms with Gasteiger partial charge in [-0.15, -0.1) is 0 Å². The molecule has 0 aliphatic rings. The summed E-state index contributed by atoms with van der Waals surface area (Å²) in [4.78, 5) is 0. The van der Waals surface area contributed by atoms with E-state index in [4.69, 9.17) is 0 Å². The molecule has 0 fully saturated rings. The molecule has 0 saturated carbocycles. The van der Waals surface area contributed by atoms with Crippen molar-refractivity contribution in [2.75, 3.05) is 0 Å². The van der Waals surface area contributed by atoms with Gasteiger partial charge in [0.2, 0.25) is 0 Å². The number of hydrogen-bond donors (Lipinski definition) is 0. The molecule has 112 valence electrons. The van der Waals surface area contributed by atoms with Gasteiger partial charge < -0.3 is 0 Å². The lowest BCUT2D eigenvalue weighted by Crippen LogP contribution is -2.14. The lowest BCUT2D eigenvalue weighted by Gasteiger charge is -2.25. The molecular formula is C19H29F. The molecule has 0 amide bonds. The Hall–Kier alpha value is -1.11. The lowest BCUT2D eigenvalue weighted by molar-refractivity contribution is 0.282. The van der Waals surface area contributed by atoms with Crippen molar-refractivity contribution in [2.45, 2.75) is 71.9 Å². The summed E-state index contributed by atoms with van der Waals surface area (Å²) in [6.45, 7) is 14.5. The molecule has 1 heteroatoms. The predicted octanol–water partition coefficient (Wildman–Crippen LogP) is 6.26. The van der Waals surface area contributed by atoms with Gasteiger partial charge in [-0.1, -0.05) is 65.8 Å². The van der Waals surface area contributed by atoms with Crippen molar-refractivity contribution in [3.8, 4) is 0 Å². The number of halogens is 1. The van der Waals surface area contributed by atoms with Gasteiger partial charge in [0.25, 0.3) is 0 Å². The van der Waals surface area contributed by atoms with Crippen LogP contribution in [0.1, 0.15) is 81.5 Å². The van der Waals surface area contributed by atoms with Crippen LogP contribution in [0.5, 0.6) is 0 Å². The van der Waals surface area contributed by atoms with Gasteiger partial charge in [0, 0.05) is 5.92 Å². The summed E-state index contributed by atoms with van der Waals surface area (Å²) in [6, 6.07) is 4.22. The van der Waals surface area contributed by atoms with E-state index in [1.807, 2.05) is 19.9 Å². The van der Waals surface area contributed by atoms with E-state index in [9.17, 15) is 4.39 Å². The van der Waals surface area contributed by atoms with Gasteiger partial charge in [0.05, 0.1) is 0 Å². The van der Waals surface area contributed by atoms with Crippen molar-refractivity contribution >= 4 is 6.08 Å². The second kappa shape index (κ2) is 7.61. The van der Waals surface area contributed by atoms with E-state index in [1.54, 1.807) is 0 Å². The second-order valence-electron chi connectivity index (χ2n) is 5.96. The lowest BCUT2D eigenvalue weighted by atomic mass is 9.81. The highest BCUT2D eigenvalue weighted by molar-refractivity contribution is 5.58. The summed E-state index contributed by atoms with van der Waals surface area (Å²) in [7, 11) is 0. The van der Waals surface area contributed by atoms with E-state index in [1.165, 1.54) is 22.3 Å². The highest BCUT2D eigenvalue weighted by Gasteiger charge is 2.23. The van der Waals surface area contributed by atoms with Crippen molar-refractivity contribution in [3.05, 3.63) is 41.0 Å². The SMILES string of the molecule is C=Cc1ccc(C(C)C(F)CC)c(C(C)C)c1CCC. The molecule has 0 aromatic heterocycles. The van der Waals surface area contributed by atoms with Crippen LogP contribution >= 0.6 is 0 Å². The molecule has 1 aromatic carbocycles. The van der Waals surface area contributed by atoms with Crippen LogP contribution in [0.15, 0.2) is 18.7 Å². The van der Waals surface area contributed by atoms with Crippen LogP contribution in [0, 0.1) is 0 Å². The van der Waals surface area contributed by atoms with Gasteiger partial charge in [-0.2, -0.15) is 0 Å². The van der Waals surface area contributed by atoms with Gasteiger partial charge in [-0.05, 0) is 41.0 Å². The Morgan fingerprint density at radius 1 is 1.20 bits per heavy atom. The van der Waals surface area contributed by atoms with E-state index >= 15 is 0 Å². The molecule has 0 radical (unpaired) electrons. The van der Waals surface area contributed by atoms with Crippen LogP contribution in [-0.4, -0.2) is 6.17 Å². The summed E-state index contributed by atoms with van der Waals surface area (Å²) in [5.41, 5.74) is 5.10. The maximum atomic E-state index is 14.1. The van der Waals surface area contributed by atoms with Crippen molar-refractivity contribution in [1.29, 1.82) is 0 Å². The Kier molecular flexibility index (Phi) is 6.45. The summed E-state index contributed by atoms with van der Waals surface area (Å²) in [5.74, 6) is 0.379. The fraction of sp³-hybridized carbons (Fsp3) is 0.579. The van der Waals surface area contributed by atoms with Crippen molar-refractivity contribution in [2.24, 2.45) is 0 Å². The smallest absolute Gasteiger partial charge is 0.106 e. The maximum Gasteiger partial charge on any atom is 0.106 e. The Morgan fingerprint density at radius 3 is 2.30 bits per heavy atom. The standard InChI is InChI=1S/C19H29F/c1-7-10-17-15(8-2)11-12-16(19(17)13(4)5)14(6)18(20)9-3/h8,11-14,18H,2,7,9-10H2,1,3-6H3. The highest BCUT2D eigenvalue weighted by atomic mass is 19.1. The first-order valence-electron chi connectivity index (χ1n) is 7.89. The van der Waals surface area contributed by atoms with E-state index < -0.39 is 6.17 Å². The van der Waals surface area contributed by atoms with E-state index in [0.717, 1.165) is 12.8 Å². The summed E-state index contributed by atoms with van der Waals surface area (Å²) < 4.78 is 14.1. The van der Waals surface area contributed by atoms with Gasteiger partial charge >= 0.3 is 0 Å². The first kappa shape index (κ1) is 16.9. The van der Waals surface area contributed by atoms with Crippen molar-refractivity contribution in [1.82, 2.24) is 0 Å². The molecule has 0 aliphatic carbocycles. The van der Waals surface area contributed by atoms with Gasteiger partial charge in [0.1, 0.15) is 6.17 Å². The van der Waals surface area contributed by atoms with Gasteiger partial charge in [-0.25, -0.2) is 4.39 Å². The largest absolute Gasteiger partial charge is 0.247 e. The fourth-order valence-electron chi connectivity index (χ4n) is 3.05. The molecule has 0 N–H and O–H groups in total. The topological polar surface area (TPSA) is 0 Å². The minimum absolute atomic E-state index is 0.0353. The third-order valence-corrected chi connectivity index (χ3v) is 4.15. The van der Waals surface area contributed by atoms with Crippen molar-refractivity contribution in [3.63, 3.8) is 0 Å². The Morgan fingerprint density at radius 2 is 1.85 bits per heavy atom. The number of benzene rings is 1. The zero-order valence-electron chi connectivity index (χ0n) is 13.7. The van der Waals surface area contributed by atoms with E-state index in [0.29, 0.717) is 12.3 Å². The number of alkyl halides is 1. The van der Waals surface area contributed by atoms with Crippen LogP contribution in [0.25, 0.3) is 6.08 Å². The van der Waals surface area contributed by atoms with Crippen LogP contribution in [-0.2, 0) is 6.42 Å². The molecule has 20 heavy (non-hydrogen) atoms. The average Bonchev–Trinajstić information content (AvgIpc) is 2.45. The van der Waals surface area contributed by atoms with Crippen LogP contribution < -0.4 is 0 Å². The molecule has 0 bridgehead atoms. The Bertz CT molecular complexity index is 445. The van der Waals surface area contributed by atoms with Crippen LogP contribution in [0.3, 0.4) is 0 Å². The molecule has 0 aliphatic heterocycles. The average molecular weight is 276 g/mol. The van der Waals surface area contributed by atoms with Crippen LogP contribution in [0.4, 0.5) is 4.39 Å². The minimum Gasteiger partial charge on any atom is -0.247 e. The van der Waals surface area contributed by atoms with Gasteiger partial charge in [0.15, 0.2) is 0 Å². The fourth-order valence-corrected chi connectivity index (χ4v) is 3.05. The first-order valence-corrected chi connectivity index (χ1v) is 7.89. The zero-order chi connectivity index (χ0) is 15.3.